The lowest BCUT2D eigenvalue weighted by Crippen LogP contribution is -2.18. The van der Waals surface area contributed by atoms with Gasteiger partial charge in [-0.2, -0.15) is 13.2 Å². The van der Waals surface area contributed by atoms with Crippen LogP contribution in [-0.2, 0) is 0 Å². The van der Waals surface area contributed by atoms with Crippen molar-refractivity contribution in [2.45, 2.75) is 12.2 Å². The molecule has 7 heteroatoms. The lowest BCUT2D eigenvalue weighted by Gasteiger charge is -2.12. The SMILES string of the molecule is FC(F)(F)[C@@H](/N=C/I)c1cc(Br)co1. The zero-order valence-corrected chi connectivity index (χ0v) is 10.3. The van der Waals surface area contributed by atoms with Gasteiger partial charge in [-0.25, -0.2) is 0 Å². The van der Waals surface area contributed by atoms with Gasteiger partial charge in [0.1, 0.15) is 12.0 Å². The molecule has 14 heavy (non-hydrogen) atoms. The van der Waals surface area contributed by atoms with Gasteiger partial charge in [-0.3, -0.25) is 4.99 Å². The zero-order valence-electron chi connectivity index (χ0n) is 6.55. The third-order valence-corrected chi connectivity index (χ3v) is 2.11. The summed E-state index contributed by atoms with van der Waals surface area (Å²) in [7, 11) is 0. The minimum absolute atomic E-state index is 0.225. The molecular weight excluding hydrogens is 378 g/mol. The van der Waals surface area contributed by atoms with Crippen LogP contribution >= 0.6 is 38.5 Å². The Morgan fingerprint density at radius 2 is 2.21 bits per heavy atom. The van der Waals surface area contributed by atoms with Crippen molar-refractivity contribution in [3.8, 4) is 0 Å². The van der Waals surface area contributed by atoms with Gasteiger partial charge in [0.15, 0.2) is 0 Å². The van der Waals surface area contributed by atoms with Crippen LogP contribution in [0.25, 0.3) is 0 Å². The van der Waals surface area contributed by atoms with E-state index in [0.29, 0.717) is 4.47 Å². The van der Waals surface area contributed by atoms with Crippen molar-refractivity contribution in [1.82, 2.24) is 0 Å². The normalized spacial score (nSPS) is 14.9. The number of aliphatic imine (C=N–C) groups is 1. The van der Waals surface area contributed by atoms with Crippen molar-refractivity contribution in [1.29, 1.82) is 0 Å². The molecule has 1 atom stereocenters. The molecule has 0 fully saturated rings. The predicted octanol–water partition coefficient (Wildman–Crippen LogP) is 4.11. The molecular formula is C7H4BrF3INO. The van der Waals surface area contributed by atoms with Crippen LogP contribution in [0.5, 0.6) is 0 Å². The molecule has 78 valence electrons. The first-order valence-corrected chi connectivity index (χ1v) is 5.41. The van der Waals surface area contributed by atoms with Crippen LogP contribution in [0.2, 0.25) is 0 Å². The Morgan fingerprint density at radius 1 is 1.57 bits per heavy atom. The Balaban J connectivity index is 3.00. The lowest BCUT2D eigenvalue weighted by atomic mass is 10.2. The zero-order chi connectivity index (χ0) is 10.8. The van der Waals surface area contributed by atoms with Crippen molar-refractivity contribution in [2.24, 2.45) is 4.99 Å². The van der Waals surface area contributed by atoms with E-state index in [2.05, 4.69) is 20.9 Å². The van der Waals surface area contributed by atoms with Crippen LogP contribution in [0.4, 0.5) is 13.2 Å². The fourth-order valence-corrected chi connectivity index (χ4v) is 1.49. The minimum Gasteiger partial charge on any atom is -0.465 e. The largest absolute Gasteiger partial charge is 0.465 e. The van der Waals surface area contributed by atoms with Crippen molar-refractivity contribution < 1.29 is 17.6 Å². The Bertz CT molecular complexity index is 336. The molecule has 0 aliphatic heterocycles. The molecule has 0 unspecified atom stereocenters. The van der Waals surface area contributed by atoms with Gasteiger partial charge < -0.3 is 4.42 Å². The molecule has 0 spiro atoms. The molecule has 1 rings (SSSR count). The molecule has 1 aromatic rings. The van der Waals surface area contributed by atoms with Gasteiger partial charge in [-0.15, -0.1) is 0 Å². The van der Waals surface area contributed by atoms with Crippen LogP contribution in [-0.4, -0.2) is 10.4 Å². The van der Waals surface area contributed by atoms with E-state index in [4.69, 9.17) is 4.42 Å². The summed E-state index contributed by atoms with van der Waals surface area (Å²) >= 11 is 4.63. The molecule has 0 saturated carbocycles. The molecule has 0 amide bonds. The van der Waals surface area contributed by atoms with Gasteiger partial charge in [0.05, 0.1) is 8.69 Å². The lowest BCUT2D eigenvalue weighted by molar-refractivity contribution is -0.151. The van der Waals surface area contributed by atoms with E-state index in [9.17, 15) is 13.2 Å². The van der Waals surface area contributed by atoms with E-state index >= 15 is 0 Å². The average molecular weight is 382 g/mol. The summed E-state index contributed by atoms with van der Waals surface area (Å²) in [5.74, 6) is -0.225. The van der Waals surface area contributed by atoms with E-state index in [-0.39, 0.29) is 5.76 Å². The van der Waals surface area contributed by atoms with Crippen LogP contribution in [0.1, 0.15) is 11.8 Å². The van der Waals surface area contributed by atoms with Crippen LogP contribution < -0.4 is 0 Å². The third kappa shape index (κ3) is 2.97. The highest BCUT2D eigenvalue weighted by Gasteiger charge is 2.42. The average Bonchev–Trinajstić information content (AvgIpc) is 2.45. The van der Waals surface area contributed by atoms with Crippen molar-refractivity contribution in [3.05, 3.63) is 22.6 Å². The molecule has 0 aliphatic rings. The van der Waals surface area contributed by atoms with E-state index in [1.165, 1.54) is 12.3 Å². The van der Waals surface area contributed by atoms with Crippen molar-refractivity contribution >= 4 is 42.7 Å². The Morgan fingerprint density at radius 3 is 2.57 bits per heavy atom. The summed E-state index contributed by atoms with van der Waals surface area (Å²) < 4.78 is 43.5. The quantitative estimate of drug-likeness (QED) is 0.559. The maximum atomic E-state index is 12.4. The number of furan rings is 1. The fraction of sp³-hybridized carbons (Fsp3) is 0.286. The van der Waals surface area contributed by atoms with Crippen molar-refractivity contribution in [3.63, 3.8) is 0 Å². The highest BCUT2D eigenvalue weighted by molar-refractivity contribution is 14.1. The van der Waals surface area contributed by atoms with Gasteiger partial charge in [-0.05, 0) is 44.6 Å². The summed E-state index contributed by atoms with van der Waals surface area (Å²) in [4.78, 5) is 3.30. The monoisotopic (exact) mass is 381 g/mol. The summed E-state index contributed by atoms with van der Waals surface area (Å²) in [6, 6.07) is -0.673. The summed E-state index contributed by atoms with van der Waals surface area (Å²) in [6.07, 6.45) is -3.24. The molecule has 2 nitrogen and oxygen atoms in total. The first kappa shape index (κ1) is 12.0. The first-order chi connectivity index (χ1) is 6.45. The smallest absolute Gasteiger partial charge is 0.418 e. The number of hydrogen-bond donors (Lipinski definition) is 0. The maximum absolute atomic E-state index is 12.4. The summed E-state index contributed by atoms with van der Waals surface area (Å²) in [6.45, 7) is 0. The molecule has 0 N–H and O–H groups in total. The molecule has 0 saturated heterocycles. The van der Waals surface area contributed by atoms with Crippen molar-refractivity contribution in [2.75, 3.05) is 0 Å². The summed E-state index contributed by atoms with van der Waals surface area (Å²) in [5.41, 5.74) is 0. The molecule has 0 radical (unpaired) electrons. The predicted molar refractivity (Wildman–Crippen MR) is 57.7 cm³/mol. The van der Waals surface area contributed by atoms with Crippen LogP contribution in [0.15, 0.2) is 26.2 Å². The highest BCUT2D eigenvalue weighted by atomic mass is 127. The second-order valence-corrected chi connectivity index (χ2v) is 3.83. The maximum Gasteiger partial charge on any atom is 0.418 e. The number of alkyl halides is 3. The summed E-state index contributed by atoms with van der Waals surface area (Å²) in [5, 5.41) is 0. The number of halogens is 5. The van der Waals surface area contributed by atoms with E-state index in [1.807, 2.05) is 0 Å². The van der Waals surface area contributed by atoms with E-state index < -0.39 is 12.2 Å². The van der Waals surface area contributed by atoms with Gasteiger partial charge in [0.2, 0.25) is 6.04 Å². The second kappa shape index (κ2) is 4.65. The van der Waals surface area contributed by atoms with Crippen LogP contribution in [0.3, 0.4) is 0 Å². The standard InChI is InChI=1S/C7H4BrF3INO/c8-4-1-5(14-2-4)6(13-3-12)7(9,10)11/h1-3,6H/b13-3+/t6-/m0/s1. The molecule has 1 aromatic heterocycles. The molecule has 0 aliphatic carbocycles. The molecule has 0 bridgehead atoms. The Hall–Kier alpha value is -0.0500. The van der Waals surface area contributed by atoms with E-state index in [1.54, 1.807) is 22.6 Å². The second-order valence-electron chi connectivity index (χ2n) is 2.36. The fourth-order valence-electron chi connectivity index (χ4n) is 0.847. The number of hydrogen-bond acceptors (Lipinski definition) is 2. The third-order valence-electron chi connectivity index (χ3n) is 1.37. The van der Waals surface area contributed by atoms with Gasteiger partial charge in [0.25, 0.3) is 0 Å². The number of rotatable bonds is 2. The Kier molecular flexibility index (Phi) is 3.99. The highest BCUT2D eigenvalue weighted by Crippen LogP contribution is 2.37. The van der Waals surface area contributed by atoms with E-state index in [0.717, 1.165) is 4.22 Å². The van der Waals surface area contributed by atoms with Gasteiger partial charge in [0, 0.05) is 0 Å². The molecule has 0 aromatic carbocycles. The first-order valence-electron chi connectivity index (χ1n) is 3.37. The number of nitrogens with zero attached hydrogens (tertiary/aromatic N) is 1. The topological polar surface area (TPSA) is 25.5 Å². The minimum atomic E-state index is -4.43. The van der Waals surface area contributed by atoms with Gasteiger partial charge in [-0.1, -0.05) is 0 Å². The van der Waals surface area contributed by atoms with Gasteiger partial charge >= 0.3 is 6.18 Å². The van der Waals surface area contributed by atoms with Crippen LogP contribution in [0, 0.1) is 0 Å². The molecule has 1 heterocycles. The Labute approximate surface area is 99.8 Å².